The predicted molar refractivity (Wildman–Crippen MR) is 77.6 cm³/mol. The van der Waals surface area contributed by atoms with Gasteiger partial charge in [0.2, 0.25) is 11.8 Å². The van der Waals surface area contributed by atoms with Crippen molar-refractivity contribution < 1.29 is 9.59 Å². The summed E-state index contributed by atoms with van der Waals surface area (Å²) in [5, 5.41) is 10.9. The van der Waals surface area contributed by atoms with Gasteiger partial charge >= 0.3 is 0 Å². The number of rotatable bonds is 4. The quantitative estimate of drug-likeness (QED) is 0.777. The molecule has 120 valence electrons. The number of likely N-dealkylation sites (tertiary alicyclic amines) is 2. The number of tetrazole rings is 1. The summed E-state index contributed by atoms with van der Waals surface area (Å²) in [4.78, 5) is 28.4. The Kier molecular flexibility index (Phi) is 4.08. The second kappa shape index (κ2) is 6.02. The fraction of sp³-hybridized carbons (Fsp3) is 0.786. The molecule has 2 fully saturated rings. The number of amides is 2. The number of nitrogens with zero attached hydrogens (tertiary/aromatic N) is 6. The van der Waals surface area contributed by atoms with Crippen molar-refractivity contribution in [2.24, 2.45) is 5.41 Å². The summed E-state index contributed by atoms with van der Waals surface area (Å²) >= 11 is 0. The van der Waals surface area contributed by atoms with E-state index in [0.29, 0.717) is 32.5 Å². The Morgan fingerprint density at radius 2 is 2.23 bits per heavy atom. The maximum absolute atomic E-state index is 12.4. The van der Waals surface area contributed by atoms with Gasteiger partial charge in [-0.05, 0) is 36.1 Å². The van der Waals surface area contributed by atoms with Crippen LogP contribution in [-0.4, -0.2) is 68.5 Å². The van der Waals surface area contributed by atoms with Crippen LogP contribution in [0.25, 0.3) is 0 Å². The molecule has 1 spiro atoms. The Hall–Kier alpha value is -1.99. The second-order valence-corrected chi connectivity index (χ2v) is 6.35. The Balaban J connectivity index is 1.51. The molecule has 8 heteroatoms. The number of piperidine rings is 1. The summed E-state index contributed by atoms with van der Waals surface area (Å²) in [5.41, 5.74) is -0.321. The van der Waals surface area contributed by atoms with Crippen molar-refractivity contribution in [2.45, 2.75) is 38.6 Å². The fourth-order valence-electron chi connectivity index (χ4n) is 3.57. The first-order chi connectivity index (χ1) is 10.6. The molecule has 0 saturated carbocycles. The van der Waals surface area contributed by atoms with Gasteiger partial charge in [-0.2, -0.15) is 0 Å². The number of carbonyl (C=O) groups is 2. The van der Waals surface area contributed by atoms with E-state index in [-0.39, 0.29) is 17.2 Å². The number of aromatic nitrogens is 4. The lowest BCUT2D eigenvalue weighted by Gasteiger charge is -2.37. The van der Waals surface area contributed by atoms with Crippen LogP contribution in [0.5, 0.6) is 0 Å². The van der Waals surface area contributed by atoms with Gasteiger partial charge in [-0.1, -0.05) is 0 Å². The van der Waals surface area contributed by atoms with E-state index >= 15 is 0 Å². The lowest BCUT2D eigenvalue weighted by atomic mass is 9.78. The molecule has 0 aromatic carbocycles. The van der Waals surface area contributed by atoms with Gasteiger partial charge in [0.15, 0.2) is 0 Å². The van der Waals surface area contributed by atoms with E-state index < -0.39 is 0 Å². The lowest BCUT2D eigenvalue weighted by molar-refractivity contribution is -0.144. The molecule has 2 aliphatic rings. The van der Waals surface area contributed by atoms with Gasteiger partial charge in [0, 0.05) is 39.6 Å². The SMILES string of the molecule is CN1CCC[C@@]2(CCN(C(=O)CCCn3cnnn3)C2)C1=O. The summed E-state index contributed by atoms with van der Waals surface area (Å²) in [6.07, 6.45) is 5.47. The third-order valence-corrected chi connectivity index (χ3v) is 4.83. The molecule has 1 atom stereocenters. The van der Waals surface area contributed by atoms with Crippen molar-refractivity contribution in [1.82, 2.24) is 30.0 Å². The fourth-order valence-corrected chi connectivity index (χ4v) is 3.57. The number of aryl methyl sites for hydroxylation is 1. The van der Waals surface area contributed by atoms with E-state index in [1.165, 1.54) is 0 Å². The van der Waals surface area contributed by atoms with Crippen LogP contribution < -0.4 is 0 Å². The number of hydrogen-bond donors (Lipinski definition) is 0. The van der Waals surface area contributed by atoms with E-state index in [4.69, 9.17) is 0 Å². The molecular formula is C14H22N6O2. The molecular weight excluding hydrogens is 284 g/mol. The Morgan fingerprint density at radius 1 is 1.36 bits per heavy atom. The molecule has 0 N–H and O–H groups in total. The van der Waals surface area contributed by atoms with Crippen molar-refractivity contribution in [3.63, 3.8) is 0 Å². The Labute approximate surface area is 129 Å². The average Bonchev–Trinajstić information content (AvgIpc) is 3.15. The minimum atomic E-state index is -0.321. The molecule has 1 aromatic rings. The molecule has 0 bridgehead atoms. The molecule has 0 unspecified atom stereocenters. The predicted octanol–water partition coefficient (Wildman–Crippen LogP) is -0.0758. The Bertz CT molecular complexity index is 546. The highest BCUT2D eigenvalue weighted by molar-refractivity contribution is 5.85. The lowest BCUT2D eigenvalue weighted by Crippen LogP contribution is -2.48. The maximum atomic E-state index is 12.4. The van der Waals surface area contributed by atoms with E-state index in [9.17, 15) is 9.59 Å². The monoisotopic (exact) mass is 306 g/mol. The maximum Gasteiger partial charge on any atom is 0.230 e. The standard InChI is InChI=1S/C14H22N6O2/c1-18-7-3-5-14(13(18)22)6-9-19(10-14)12(21)4-2-8-20-11-15-16-17-20/h11H,2-10H2,1H3/t14-/m0/s1. The topological polar surface area (TPSA) is 84.2 Å². The summed E-state index contributed by atoms with van der Waals surface area (Å²) < 4.78 is 1.62. The summed E-state index contributed by atoms with van der Waals surface area (Å²) in [7, 11) is 1.86. The van der Waals surface area contributed by atoms with Gasteiger partial charge in [0.05, 0.1) is 5.41 Å². The van der Waals surface area contributed by atoms with Crippen molar-refractivity contribution >= 4 is 11.8 Å². The van der Waals surface area contributed by atoms with Crippen LogP contribution in [0.3, 0.4) is 0 Å². The number of carbonyl (C=O) groups excluding carboxylic acids is 2. The van der Waals surface area contributed by atoms with Crippen LogP contribution >= 0.6 is 0 Å². The Morgan fingerprint density at radius 3 is 3.00 bits per heavy atom. The molecule has 2 amide bonds. The van der Waals surface area contributed by atoms with Crippen molar-refractivity contribution in [2.75, 3.05) is 26.7 Å². The van der Waals surface area contributed by atoms with E-state index in [1.54, 1.807) is 11.0 Å². The first kappa shape index (κ1) is 14.9. The smallest absolute Gasteiger partial charge is 0.230 e. The van der Waals surface area contributed by atoms with Gasteiger partial charge in [-0.15, -0.1) is 5.10 Å². The summed E-state index contributed by atoms with van der Waals surface area (Å²) in [6, 6.07) is 0. The van der Waals surface area contributed by atoms with Gasteiger partial charge < -0.3 is 9.80 Å². The van der Waals surface area contributed by atoms with Crippen LogP contribution in [0.15, 0.2) is 6.33 Å². The van der Waals surface area contributed by atoms with E-state index in [1.807, 2.05) is 16.8 Å². The highest BCUT2D eigenvalue weighted by atomic mass is 16.2. The molecule has 2 aliphatic heterocycles. The van der Waals surface area contributed by atoms with Crippen LogP contribution in [0.4, 0.5) is 0 Å². The molecule has 3 heterocycles. The largest absolute Gasteiger partial charge is 0.345 e. The number of hydrogen-bond acceptors (Lipinski definition) is 5. The third kappa shape index (κ3) is 2.82. The zero-order valence-electron chi connectivity index (χ0n) is 12.9. The normalized spacial score (nSPS) is 25.2. The van der Waals surface area contributed by atoms with E-state index in [2.05, 4.69) is 15.5 Å². The molecule has 0 radical (unpaired) electrons. The zero-order chi connectivity index (χ0) is 15.6. The minimum absolute atomic E-state index is 0.131. The summed E-state index contributed by atoms with van der Waals surface area (Å²) in [6.45, 7) is 2.75. The molecule has 1 aromatic heterocycles. The van der Waals surface area contributed by atoms with E-state index in [0.717, 1.165) is 25.8 Å². The molecule has 22 heavy (non-hydrogen) atoms. The minimum Gasteiger partial charge on any atom is -0.345 e. The molecule has 2 saturated heterocycles. The zero-order valence-corrected chi connectivity index (χ0v) is 12.9. The van der Waals surface area contributed by atoms with Crippen molar-refractivity contribution in [3.8, 4) is 0 Å². The molecule has 0 aliphatic carbocycles. The van der Waals surface area contributed by atoms with Gasteiger partial charge in [-0.25, -0.2) is 4.68 Å². The highest BCUT2D eigenvalue weighted by Gasteiger charge is 2.48. The average molecular weight is 306 g/mol. The first-order valence-corrected chi connectivity index (χ1v) is 7.85. The van der Waals surface area contributed by atoms with Crippen LogP contribution in [0, 0.1) is 5.41 Å². The first-order valence-electron chi connectivity index (χ1n) is 7.85. The van der Waals surface area contributed by atoms with Crippen LogP contribution in [-0.2, 0) is 16.1 Å². The molecule has 3 rings (SSSR count). The highest BCUT2D eigenvalue weighted by Crippen LogP contribution is 2.39. The van der Waals surface area contributed by atoms with Crippen LogP contribution in [0.2, 0.25) is 0 Å². The van der Waals surface area contributed by atoms with Gasteiger partial charge in [-0.3, -0.25) is 9.59 Å². The summed E-state index contributed by atoms with van der Waals surface area (Å²) in [5.74, 6) is 0.341. The van der Waals surface area contributed by atoms with Gasteiger partial charge in [0.25, 0.3) is 0 Å². The molecule has 8 nitrogen and oxygen atoms in total. The second-order valence-electron chi connectivity index (χ2n) is 6.35. The third-order valence-electron chi connectivity index (χ3n) is 4.83. The van der Waals surface area contributed by atoms with Crippen molar-refractivity contribution in [3.05, 3.63) is 6.33 Å². The van der Waals surface area contributed by atoms with Crippen LogP contribution in [0.1, 0.15) is 32.1 Å². The van der Waals surface area contributed by atoms with Gasteiger partial charge in [0.1, 0.15) is 6.33 Å². The van der Waals surface area contributed by atoms with Crippen molar-refractivity contribution in [1.29, 1.82) is 0 Å².